The summed E-state index contributed by atoms with van der Waals surface area (Å²) in [6, 6.07) is 4.50. The highest BCUT2D eigenvalue weighted by Crippen LogP contribution is 2.21. The summed E-state index contributed by atoms with van der Waals surface area (Å²) in [5, 5.41) is 8.98. The molecule has 3 heteroatoms. The van der Waals surface area contributed by atoms with Crippen LogP contribution in [-0.4, -0.2) is 11.7 Å². The Balaban J connectivity index is 3.02. The van der Waals surface area contributed by atoms with Gasteiger partial charge in [0, 0.05) is 4.47 Å². The Kier molecular flexibility index (Phi) is 4.29. The van der Waals surface area contributed by atoms with E-state index in [4.69, 9.17) is 5.11 Å². The van der Waals surface area contributed by atoms with E-state index in [1.165, 1.54) is 12.1 Å². The summed E-state index contributed by atoms with van der Waals surface area (Å²) in [4.78, 5) is 0. The third-order valence-electron chi connectivity index (χ3n) is 1.98. The Labute approximate surface area is 91.4 Å². The van der Waals surface area contributed by atoms with Crippen LogP contribution in [0.4, 0.5) is 4.39 Å². The van der Waals surface area contributed by atoms with Gasteiger partial charge >= 0.3 is 0 Å². The zero-order chi connectivity index (χ0) is 10.6. The second kappa shape index (κ2) is 5.27. The van der Waals surface area contributed by atoms with Gasteiger partial charge < -0.3 is 5.11 Å². The van der Waals surface area contributed by atoms with Crippen LogP contribution < -0.4 is 0 Å². The van der Waals surface area contributed by atoms with Gasteiger partial charge in [0.1, 0.15) is 5.82 Å². The van der Waals surface area contributed by atoms with Gasteiger partial charge in [0.15, 0.2) is 0 Å². The molecule has 76 valence electrons. The van der Waals surface area contributed by atoms with Gasteiger partial charge in [0.2, 0.25) is 0 Å². The first-order chi connectivity index (χ1) is 6.67. The predicted molar refractivity (Wildman–Crippen MR) is 59.5 cm³/mol. The Morgan fingerprint density at radius 2 is 2.29 bits per heavy atom. The zero-order valence-electron chi connectivity index (χ0n) is 7.93. The van der Waals surface area contributed by atoms with Gasteiger partial charge in [-0.05, 0) is 29.7 Å². The lowest BCUT2D eigenvalue weighted by atomic mass is 10.1. The molecule has 0 amide bonds. The number of aliphatic hydroxyl groups is 1. The topological polar surface area (TPSA) is 20.2 Å². The average Bonchev–Trinajstić information content (AvgIpc) is 2.17. The Hall–Kier alpha value is -0.670. The third kappa shape index (κ3) is 2.93. The van der Waals surface area contributed by atoms with Crippen molar-refractivity contribution >= 4 is 22.0 Å². The van der Waals surface area contributed by atoms with E-state index in [1.54, 1.807) is 6.07 Å². The molecule has 0 radical (unpaired) electrons. The van der Waals surface area contributed by atoms with Crippen molar-refractivity contribution in [1.82, 2.24) is 0 Å². The summed E-state index contributed by atoms with van der Waals surface area (Å²) in [6.45, 7) is 2.01. The van der Waals surface area contributed by atoms with Crippen molar-refractivity contribution in [2.75, 3.05) is 6.61 Å². The molecule has 0 saturated carbocycles. The van der Waals surface area contributed by atoms with Crippen LogP contribution in [0.3, 0.4) is 0 Å². The first-order valence-corrected chi connectivity index (χ1v) is 5.22. The second-order valence-corrected chi connectivity index (χ2v) is 3.83. The first kappa shape index (κ1) is 11.4. The van der Waals surface area contributed by atoms with Crippen molar-refractivity contribution < 1.29 is 9.50 Å². The van der Waals surface area contributed by atoms with Gasteiger partial charge in [-0.3, -0.25) is 0 Å². The molecule has 1 N–H and O–H groups in total. The van der Waals surface area contributed by atoms with E-state index in [0.29, 0.717) is 4.47 Å². The lowest BCUT2D eigenvalue weighted by Crippen LogP contribution is -1.89. The van der Waals surface area contributed by atoms with Crippen molar-refractivity contribution in [2.45, 2.75) is 13.3 Å². The number of rotatable bonds is 3. The normalized spacial score (nSPS) is 11.9. The predicted octanol–water partition coefficient (Wildman–Crippen LogP) is 3.37. The molecule has 0 aliphatic heterocycles. The van der Waals surface area contributed by atoms with Crippen LogP contribution >= 0.6 is 15.9 Å². The van der Waals surface area contributed by atoms with Gasteiger partial charge in [0.25, 0.3) is 0 Å². The maximum Gasteiger partial charge on any atom is 0.124 e. The smallest absolute Gasteiger partial charge is 0.124 e. The lowest BCUT2D eigenvalue weighted by Gasteiger charge is -2.02. The summed E-state index contributed by atoms with van der Waals surface area (Å²) in [5.41, 5.74) is 1.81. The van der Waals surface area contributed by atoms with Crippen molar-refractivity contribution in [3.63, 3.8) is 0 Å². The average molecular weight is 259 g/mol. The largest absolute Gasteiger partial charge is 0.392 e. The van der Waals surface area contributed by atoms with E-state index in [9.17, 15) is 4.39 Å². The van der Waals surface area contributed by atoms with Gasteiger partial charge in [-0.15, -0.1) is 0 Å². The molecule has 0 fully saturated rings. The molecule has 0 unspecified atom stereocenters. The summed E-state index contributed by atoms with van der Waals surface area (Å²) in [6.07, 6.45) is 2.66. The Morgan fingerprint density at radius 1 is 1.57 bits per heavy atom. The molecule has 0 spiro atoms. The summed E-state index contributed by atoms with van der Waals surface area (Å²) >= 11 is 3.27. The van der Waals surface area contributed by atoms with Gasteiger partial charge in [-0.1, -0.05) is 35.0 Å². The first-order valence-electron chi connectivity index (χ1n) is 4.42. The quantitative estimate of drug-likeness (QED) is 0.882. The molecular formula is C11H12BrFO. The highest BCUT2D eigenvalue weighted by Gasteiger charge is 2.00. The molecule has 1 rings (SSSR count). The lowest BCUT2D eigenvalue weighted by molar-refractivity contribution is 0.329. The molecule has 14 heavy (non-hydrogen) atoms. The standard InChI is InChI=1S/C11H12BrFO/c1-2-8(7-14)5-9-3-4-10(13)6-11(9)12/h3-6,14H,2,7H2,1H3/b8-5-. The molecule has 0 aliphatic carbocycles. The number of halogens is 2. The molecule has 1 aromatic carbocycles. The monoisotopic (exact) mass is 258 g/mol. The second-order valence-electron chi connectivity index (χ2n) is 2.98. The molecule has 1 nitrogen and oxygen atoms in total. The van der Waals surface area contributed by atoms with E-state index in [1.807, 2.05) is 13.0 Å². The Morgan fingerprint density at radius 3 is 2.79 bits per heavy atom. The van der Waals surface area contributed by atoms with Crippen LogP contribution in [0.25, 0.3) is 6.08 Å². The van der Waals surface area contributed by atoms with E-state index < -0.39 is 0 Å². The summed E-state index contributed by atoms with van der Waals surface area (Å²) in [7, 11) is 0. The minimum Gasteiger partial charge on any atom is -0.392 e. The van der Waals surface area contributed by atoms with E-state index in [-0.39, 0.29) is 12.4 Å². The maximum atomic E-state index is 12.7. The summed E-state index contributed by atoms with van der Waals surface area (Å²) < 4.78 is 13.5. The van der Waals surface area contributed by atoms with Crippen LogP contribution in [0.1, 0.15) is 18.9 Å². The number of hydrogen-bond acceptors (Lipinski definition) is 1. The molecule has 0 aromatic heterocycles. The van der Waals surface area contributed by atoms with Crippen molar-refractivity contribution in [2.24, 2.45) is 0 Å². The van der Waals surface area contributed by atoms with Crippen LogP contribution in [0.15, 0.2) is 28.2 Å². The number of aliphatic hydroxyl groups excluding tert-OH is 1. The van der Waals surface area contributed by atoms with Gasteiger partial charge in [-0.25, -0.2) is 4.39 Å². The van der Waals surface area contributed by atoms with Crippen LogP contribution in [0.2, 0.25) is 0 Å². The third-order valence-corrected chi connectivity index (χ3v) is 2.67. The van der Waals surface area contributed by atoms with Crippen LogP contribution in [0, 0.1) is 5.82 Å². The minimum absolute atomic E-state index is 0.0420. The van der Waals surface area contributed by atoms with Crippen molar-refractivity contribution in [3.05, 3.63) is 39.6 Å². The SMILES string of the molecule is CC/C(=C/c1ccc(F)cc1Br)CO. The summed E-state index contributed by atoms with van der Waals surface area (Å²) in [5.74, 6) is -0.268. The maximum absolute atomic E-state index is 12.7. The fraction of sp³-hybridized carbons (Fsp3) is 0.273. The molecule has 1 aromatic rings. The van der Waals surface area contributed by atoms with Crippen LogP contribution in [0.5, 0.6) is 0 Å². The fourth-order valence-electron chi connectivity index (χ4n) is 1.10. The van der Waals surface area contributed by atoms with Crippen LogP contribution in [-0.2, 0) is 0 Å². The highest BCUT2D eigenvalue weighted by molar-refractivity contribution is 9.10. The highest BCUT2D eigenvalue weighted by atomic mass is 79.9. The number of benzene rings is 1. The number of hydrogen-bond donors (Lipinski definition) is 1. The van der Waals surface area contributed by atoms with Gasteiger partial charge in [-0.2, -0.15) is 0 Å². The molecule has 0 bridgehead atoms. The van der Waals surface area contributed by atoms with E-state index in [2.05, 4.69) is 15.9 Å². The minimum atomic E-state index is -0.268. The molecular weight excluding hydrogens is 247 g/mol. The van der Waals surface area contributed by atoms with Crippen molar-refractivity contribution in [1.29, 1.82) is 0 Å². The molecule has 0 heterocycles. The zero-order valence-corrected chi connectivity index (χ0v) is 9.51. The van der Waals surface area contributed by atoms with Crippen molar-refractivity contribution in [3.8, 4) is 0 Å². The van der Waals surface area contributed by atoms with E-state index >= 15 is 0 Å². The van der Waals surface area contributed by atoms with E-state index in [0.717, 1.165) is 17.6 Å². The molecule has 0 aliphatic rings. The molecule has 0 saturated heterocycles. The molecule has 0 atom stereocenters. The Bertz CT molecular complexity index is 341. The van der Waals surface area contributed by atoms with Gasteiger partial charge in [0.05, 0.1) is 6.61 Å². The fourth-order valence-corrected chi connectivity index (χ4v) is 1.56.